The molecule has 2 aliphatic heterocycles. The van der Waals surface area contributed by atoms with Crippen LogP contribution in [-0.2, 0) is 9.59 Å². The summed E-state index contributed by atoms with van der Waals surface area (Å²) in [6.07, 6.45) is 5.36. The van der Waals surface area contributed by atoms with E-state index in [2.05, 4.69) is 0 Å². The number of nitrogens with one attached hydrogen (secondary N) is 1. The molecule has 1 saturated carbocycles. The number of hydrogen-bond donors (Lipinski definition) is 2. The maximum atomic E-state index is 13.4. The Balaban J connectivity index is 1.50. The summed E-state index contributed by atoms with van der Waals surface area (Å²) in [7, 11) is 1.88. The van der Waals surface area contributed by atoms with Crippen LogP contribution in [0.25, 0.3) is 5.57 Å². The van der Waals surface area contributed by atoms with Crippen LogP contribution in [0.3, 0.4) is 0 Å². The van der Waals surface area contributed by atoms with Crippen molar-refractivity contribution in [3.8, 4) is 0 Å². The van der Waals surface area contributed by atoms with Crippen molar-refractivity contribution in [2.24, 2.45) is 11.3 Å². The largest absolute Gasteiger partial charge is 0.337 e. The van der Waals surface area contributed by atoms with E-state index in [0.717, 1.165) is 36.1 Å². The third-order valence-corrected chi connectivity index (χ3v) is 7.04. The molecule has 31 heavy (non-hydrogen) atoms. The molecule has 9 heteroatoms. The minimum absolute atomic E-state index is 0.0661. The van der Waals surface area contributed by atoms with Gasteiger partial charge in [0.1, 0.15) is 6.04 Å². The van der Waals surface area contributed by atoms with Gasteiger partial charge in [0.25, 0.3) is 5.69 Å². The molecule has 2 fully saturated rings. The van der Waals surface area contributed by atoms with E-state index in [1.54, 1.807) is 22.5 Å². The molecule has 2 heterocycles. The number of hydroxylamine groups is 1. The van der Waals surface area contributed by atoms with Gasteiger partial charge < -0.3 is 4.90 Å². The van der Waals surface area contributed by atoms with Gasteiger partial charge in [0.05, 0.1) is 10.8 Å². The van der Waals surface area contributed by atoms with Gasteiger partial charge in [0.15, 0.2) is 0 Å². The van der Waals surface area contributed by atoms with E-state index in [1.165, 1.54) is 6.07 Å². The summed E-state index contributed by atoms with van der Waals surface area (Å²) >= 11 is 0. The highest BCUT2D eigenvalue weighted by molar-refractivity contribution is 5.90. The number of piperidine rings is 1. The maximum absolute atomic E-state index is 13.4. The fraction of sp³-hybridized carbons (Fsp3) is 0.545. The van der Waals surface area contributed by atoms with Gasteiger partial charge in [0, 0.05) is 31.8 Å². The zero-order valence-corrected chi connectivity index (χ0v) is 17.8. The number of rotatable bonds is 4. The Labute approximate surface area is 180 Å². The number of nitrogens with zero attached hydrogens (tertiary/aromatic N) is 3. The number of carbonyl (C=O) groups excluding carboxylic acids is 2. The standard InChI is InChI=1S/C22H28N4O5/c1-14-11-16(26(30)31)3-4-17(14)15-5-9-25(10-6-15)21(28)19-18(20(27)23-29)12-22(7-8-22)13-24(19)2/h3-5,11,18-19,29H,6-10,12-13H2,1-2H3,(H,23,27). The molecular formula is C22H28N4O5. The van der Waals surface area contributed by atoms with Crippen LogP contribution >= 0.6 is 0 Å². The zero-order valence-electron chi connectivity index (χ0n) is 17.8. The highest BCUT2D eigenvalue weighted by Crippen LogP contribution is 2.54. The Bertz CT molecular complexity index is 955. The predicted octanol–water partition coefficient (Wildman–Crippen LogP) is 2.12. The molecule has 2 unspecified atom stereocenters. The molecule has 2 N–H and O–H groups in total. The van der Waals surface area contributed by atoms with Crippen molar-refractivity contribution in [3.63, 3.8) is 0 Å². The molecule has 3 aliphatic rings. The number of likely N-dealkylation sites (N-methyl/N-ethyl adjacent to an activating group) is 1. The van der Waals surface area contributed by atoms with E-state index in [-0.39, 0.29) is 17.0 Å². The van der Waals surface area contributed by atoms with E-state index in [0.29, 0.717) is 25.9 Å². The molecule has 9 nitrogen and oxygen atoms in total. The monoisotopic (exact) mass is 428 g/mol. The van der Waals surface area contributed by atoms with Crippen LogP contribution in [0.15, 0.2) is 24.3 Å². The molecule has 1 saturated heterocycles. The van der Waals surface area contributed by atoms with Gasteiger partial charge >= 0.3 is 0 Å². The highest BCUT2D eigenvalue weighted by Gasteiger charge is 2.55. The molecule has 2 atom stereocenters. The zero-order chi connectivity index (χ0) is 22.3. The van der Waals surface area contributed by atoms with E-state index in [4.69, 9.17) is 0 Å². The van der Waals surface area contributed by atoms with Crippen molar-refractivity contribution >= 4 is 23.1 Å². The molecule has 0 bridgehead atoms. The molecular weight excluding hydrogens is 400 g/mol. The molecule has 2 amide bonds. The summed E-state index contributed by atoms with van der Waals surface area (Å²) < 4.78 is 0. The van der Waals surface area contributed by atoms with Gasteiger partial charge in [-0.3, -0.25) is 29.8 Å². The van der Waals surface area contributed by atoms with Crippen molar-refractivity contribution < 1.29 is 19.7 Å². The first-order chi connectivity index (χ1) is 14.7. The second kappa shape index (κ2) is 8.05. The van der Waals surface area contributed by atoms with Crippen LogP contribution in [0.5, 0.6) is 0 Å². The first-order valence-corrected chi connectivity index (χ1v) is 10.6. The van der Waals surface area contributed by atoms with Crippen LogP contribution in [0.2, 0.25) is 0 Å². The summed E-state index contributed by atoms with van der Waals surface area (Å²) in [4.78, 5) is 40.0. The lowest BCUT2D eigenvalue weighted by Crippen LogP contribution is -2.59. The van der Waals surface area contributed by atoms with E-state index in [1.807, 2.05) is 24.9 Å². The van der Waals surface area contributed by atoms with Crippen LogP contribution in [0.4, 0.5) is 5.69 Å². The Morgan fingerprint density at radius 2 is 2.06 bits per heavy atom. The second-order valence-corrected chi connectivity index (χ2v) is 9.17. The Morgan fingerprint density at radius 1 is 1.32 bits per heavy atom. The van der Waals surface area contributed by atoms with Gasteiger partial charge in [-0.1, -0.05) is 6.08 Å². The van der Waals surface area contributed by atoms with Crippen molar-refractivity contribution in [1.82, 2.24) is 15.3 Å². The number of aryl methyl sites for hydroxylation is 1. The normalized spacial score (nSPS) is 25.1. The summed E-state index contributed by atoms with van der Waals surface area (Å²) in [5.74, 6) is -1.16. The maximum Gasteiger partial charge on any atom is 0.269 e. The van der Waals surface area contributed by atoms with Gasteiger partial charge in [-0.15, -0.1) is 0 Å². The number of likely N-dealkylation sites (tertiary alicyclic amines) is 1. The molecule has 1 spiro atoms. The quantitative estimate of drug-likeness (QED) is 0.431. The van der Waals surface area contributed by atoms with Crippen LogP contribution in [0, 0.1) is 28.4 Å². The van der Waals surface area contributed by atoms with Crippen LogP contribution < -0.4 is 5.48 Å². The number of nitro groups is 1. The smallest absolute Gasteiger partial charge is 0.269 e. The molecule has 1 aliphatic carbocycles. The van der Waals surface area contributed by atoms with Crippen molar-refractivity contribution in [3.05, 3.63) is 45.5 Å². The lowest BCUT2D eigenvalue weighted by molar-refractivity contribution is -0.384. The van der Waals surface area contributed by atoms with E-state index < -0.39 is 22.8 Å². The third kappa shape index (κ3) is 4.07. The summed E-state index contributed by atoms with van der Waals surface area (Å²) in [6.45, 7) is 3.58. The highest BCUT2D eigenvalue weighted by atomic mass is 16.6. The fourth-order valence-corrected chi connectivity index (χ4v) is 5.22. The van der Waals surface area contributed by atoms with E-state index >= 15 is 0 Å². The molecule has 166 valence electrons. The molecule has 1 aromatic rings. The minimum Gasteiger partial charge on any atom is -0.337 e. The van der Waals surface area contributed by atoms with E-state index in [9.17, 15) is 24.9 Å². The average molecular weight is 428 g/mol. The van der Waals surface area contributed by atoms with Gasteiger partial charge in [-0.05, 0) is 67.8 Å². The summed E-state index contributed by atoms with van der Waals surface area (Å²) in [6, 6.07) is 4.25. The number of benzene rings is 1. The number of non-ortho nitro benzene ring substituents is 1. The number of carbonyl (C=O) groups is 2. The lowest BCUT2D eigenvalue weighted by atomic mass is 9.80. The molecule has 0 aromatic heterocycles. The van der Waals surface area contributed by atoms with Crippen LogP contribution in [-0.4, -0.2) is 64.5 Å². The number of hydrogen-bond acceptors (Lipinski definition) is 6. The SMILES string of the molecule is Cc1cc([N+](=O)[O-])ccc1C1=CCN(C(=O)C2C(C(=O)NO)CC3(CC3)CN2C)CC1. The minimum atomic E-state index is -0.588. The topological polar surface area (TPSA) is 116 Å². The average Bonchev–Trinajstić information content (AvgIpc) is 3.50. The first kappa shape index (κ1) is 21.5. The Morgan fingerprint density at radius 3 is 2.61 bits per heavy atom. The van der Waals surface area contributed by atoms with Gasteiger partial charge in [-0.25, -0.2) is 5.48 Å². The van der Waals surface area contributed by atoms with Crippen LogP contribution in [0.1, 0.15) is 36.8 Å². The van der Waals surface area contributed by atoms with Crippen molar-refractivity contribution in [2.75, 3.05) is 26.7 Å². The molecule has 4 rings (SSSR count). The molecule has 0 radical (unpaired) electrons. The summed E-state index contributed by atoms with van der Waals surface area (Å²) in [5.41, 5.74) is 4.79. The Kier molecular flexibility index (Phi) is 5.57. The number of amides is 2. The fourth-order valence-electron chi connectivity index (χ4n) is 5.22. The second-order valence-electron chi connectivity index (χ2n) is 9.17. The van der Waals surface area contributed by atoms with Gasteiger partial charge in [-0.2, -0.15) is 0 Å². The third-order valence-electron chi connectivity index (χ3n) is 7.04. The number of nitro benzene ring substituents is 1. The van der Waals surface area contributed by atoms with Crippen molar-refractivity contribution in [2.45, 2.75) is 38.6 Å². The van der Waals surface area contributed by atoms with Gasteiger partial charge in [0.2, 0.25) is 11.8 Å². The lowest BCUT2D eigenvalue weighted by Gasteiger charge is -2.43. The first-order valence-electron chi connectivity index (χ1n) is 10.6. The predicted molar refractivity (Wildman–Crippen MR) is 113 cm³/mol. The van der Waals surface area contributed by atoms with Crippen molar-refractivity contribution in [1.29, 1.82) is 0 Å². The Hall–Kier alpha value is -2.78. The molecule has 1 aromatic carbocycles. The summed E-state index contributed by atoms with van der Waals surface area (Å²) in [5, 5.41) is 20.2.